The van der Waals surface area contributed by atoms with Gasteiger partial charge < -0.3 is 15.2 Å². The van der Waals surface area contributed by atoms with Crippen LogP contribution in [0.15, 0.2) is 24.3 Å². The van der Waals surface area contributed by atoms with E-state index < -0.39 is 0 Å². The van der Waals surface area contributed by atoms with Crippen molar-refractivity contribution >= 4 is 0 Å². The SMILES string of the molecule is NCC1CCCCC1OCC1COc2ccccc21. The first kappa shape index (κ1) is 12.9. The van der Waals surface area contributed by atoms with Gasteiger partial charge in [-0.1, -0.05) is 31.0 Å². The highest BCUT2D eigenvalue weighted by Crippen LogP contribution is 2.35. The van der Waals surface area contributed by atoms with Gasteiger partial charge in [-0.05, 0) is 31.4 Å². The van der Waals surface area contributed by atoms with Gasteiger partial charge in [0.15, 0.2) is 0 Å². The van der Waals surface area contributed by atoms with Gasteiger partial charge in [-0.2, -0.15) is 0 Å². The summed E-state index contributed by atoms with van der Waals surface area (Å²) in [5, 5.41) is 0. The Hall–Kier alpha value is -1.06. The third-order valence-corrected chi connectivity index (χ3v) is 4.45. The molecule has 104 valence electrons. The summed E-state index contributed by atoms with van der Waals surface area (Å²) in [5.74, 6) is 1.96. The Morgan fingerprint density at radius 1 is 1.21 bits per heavy atom. The van der Waals surface area contributed by atoms with Crippen molar-refractivity contribution in [1.29, 1.82) is 0 Å². The van der Waals surface area contributed by atoms with Crippen molar-refractivity contribution in [3.63, 3.8) is 0 Å². The fourth-order valence-electron chi connectivity index (χ4n) is 3.27. The second kappa shape index (κ2) is 5.93. The van der Waals surface area contributed by atoms with E-state index in [-0.39, 0.29) is 0 Å². The molecule has 1 aliphatic carbocycles. The lowest BCUT2D eigenvalue weighted by Crippen LogP contribution is -2.34. The van der Waals surface area contributed by atoms with Crippen LogP contribution in [0.2, 0.25) is 0 Å². The third kappa shape index (κ3) is 2.77. The zero-order valence-electron chi connectivity index (χ0n) is 11.4. The monoisotopic (exact) mass is 261 g/mol. The molecule has 1 aromatic carbocycles. The minimum atomic E-state index is 0.353. The number of benzene rings is 1. The molecule has 1 fully saturated rings. The average Bonchev–Trinajstić information content (AvgIpc) is 2.89. The quantitative estimate of drug-likeness (QED) is 0.906. The number of ether oxygens (including phenoxy) is 2. The lowest BCUT2D eigenvalue weighted by molar-refractivity contribution is -0.0161. The van der Waals surface area contributed by atoms with E-state index in [0.29, 0.717) is 17.9 Å². The van der Waals surface area contributed by atoms with Crippen LogP contribution in [0.5, 0.6) is 5.75 Å². The van der Waals surface area contributed by atoms with Crippen molar-refractivity contribution < 1.29 is 9.47 Å². The summed E-state index contributed by atoms with van der Waals surface area (Å²) >= 11 is 0. The van der Waals surface area contributed by atoms with E-state index in [9.17, 15) is 0 Å². The Morgan fingerprint density at radius 3 is 2.95 bits per heavy atom. The first-order valence-corrected chi connectivity index (χ1v) is 7.42. The molecule has 1 aromatic rings. The van der Waals surface area contributed by atoms with Crippen LogP contribution in [0.25, 0.3) is 0 Å². The number of para-hydroxylation sites is 1. The maximum Gasteiger partial charge on any atom is 0.123 e. The normalized spacial score (nSPS) is 29.8. The van der Waals surface area contributed by atoms with E-state index in [1.54, 1.807) is 0 Å². The van der Waals surface area contributed by atoms with Crippen LogP contribution in [-0.4, -0.2) is 25.9 Å². The van der Waals surface area contributed by atoms with Crippen molar-refractivity contribution in [2.75, 3.05) is 19.8 Å². The van der Waals surface area contributed by atoms with Crippen LogP contribution in [0.3, 0.4) is 0 Å². The molecular formula is C16H23NO2. The van der Waals surface area contributed by atoms with Gasteiger partial charge in [-0.3, -0.25) is 0 Å². The highest BCUT2D eigenvalue weighted by molar-refractivity contribution is 5.39. The number of rotatable bonds is 4. The molecule has 3 nitrogen and oxygen atoms in total. The number of hydrogen-bond acceptors (Lipinski definition) is 3. The van der Waals surface area contributed by atoms with Gasteiger partial charge >= 0.3 is 0 Å². The predicted octanol–water partition coefficient (Wildman–Crippen LogP) is 2.70. The Morgan fingerprint density at radius 2 is 2.05 bits per heavy atom. The van der Waals surface area contributed by atoms with E-state index in [0.717, 1.165) is 31.9 Å². The molecule has 2 N–H and O–H groups in total. The summed E-state index contributed by atoms with van der Waals surface area (Å²) in [4.78, 5) is 0. The molecule has 0 radical (unpaired) electrons. The van der Waals surface area contributed by atoms with Crippen LogP contribution < -0.4 is 10.5 Å². The standard InChI is InChI=1S/C16H23NO2/c17-9-12-5-1-3-7-15(12)18-10-13-11-19-16-8-4-2-6-14(13)16/h2,4,6,8,12-13,15H,1,3,5,7,9-11,17H2. The van der Waals surface area contributed by atoms with Gasteiger partial charge in [0.25, 0.3) is 0 Å². The Kier molecular flexibility index (Phi) is 4.04. The zero-order valence-corrected chi connectivity index (χ0v) is 11.4. The van der Waals surface area contributed by atoms with Gasteiger partial charge in [-0.25, -0.2) is 0 Å². The molecule has 1 aliphatic heterocycles. The van der Waals surface area contributed by atoms with E-state index in [4.69, 9.17) is 15.2 Å². The number of nitrogens with two attached hydrogens (primary N) is 1. The van der Waals surface area contributed by atoms with Gasteiger partial charge in [0, 0.05) is 11.5 Å². The molecule has 0 spiro atoms. The largest absolute Gasteiger partial charge is 0.493 e. The molecule has 19 heavy (non-hydrogen) atoms. The van der Waals surface area contributed by atoms with E-state index >= 15 is 0 Å². The topological polar surface area (TPSA) is 44.5 Å². The third-order valence-electron chi connectivity index (χ3n) is 4.45. The smallest absolute Gasteiger partial charge is 0.123 e. The van der Waals surface area contributed by atoms with Crippen molar-refractivity contribution in [2.24, 2.45) is 11.7 Å². The van der Waals surface area contributed by atoms with Crippen LogP contribution >= 0.6 is 0 Å². The summed E-state index contributed by atoms with van der Waals surface area (Å²) in [6.45, 7) is 2.26. The maximum absolute atomic E-state index is 6.17. The Labute approximate surface area is 115 Å². The fourth-order valence-corrected chi connectivity index (χ4v) is 3.27. The molecule has 2 aliphatic rings. The molecule has 3 heteroatoms. The highest BCUT2D eigenvalue weighted by atomic mass is 16.5. The lowest BCUT2D eigenvalue weighted by Gasteiger charge is -2.31. The Balaban J connectivity index is 1.58. The molecule has 1 saturated carbocycles. The van der Waals surface area contributed by atoms with Crippen molar-refractivity contribution in [3.05, 3.63) is 29.8 Å². The minimum Gasteiger partial charge on any atom is -0.493 e. The van der Waals surface area contributed by atoms with Gasteiger partial charge in [0.1, 0.15) is 5.75 Å². The van der Waals surface area contributed by atoms with E-state index in [2.05, 4.69) is 12.1 Å². The first-order chi connectivity index (χ1) is 9.38. The average molecular weight is 261 g/mol. The fraction of sp³-hybridized carbons (Fsp3) is 0.625. The van der Waals surface area contributed by atoms with E-state index in [1.165, 1.54) is 24.8 Å². The highest BCUT2D eigenvalue weighted by Gasteiger charge is 2.28. The molecule has 3 atom stereocenters. The molecule has 0 amide bonds. The second-order valence-electron chi connectivity index (χ2n) is 5.70. The molecule has 3 rings (SSSR count). The predicted molar refractivity (Wildman–Crippen MR) is 75.4 cm³/mol. The van der Waals surface area contributed by atoms with Crippen molar-refractivity contribution in [3.8, 4) is 5.75 Å². The minimum absolute atomic E-state index is 0.353. The molecule has 0 saturated heterocycles. The summed E-state index contributed by atoms with van der Waals surface area (Å²) in [7, 11) is 0. The van der Waals surface area contributed by atoms with Gasteiger partial charge in [0.2, 0.25) is 0 Å². The zero-order chi connectivity index (χ0) is 13.1. The summed E-state index contributed by atoms with van der Waals surface area (Å²) in [6.07, 6.45) is 5.32. The summed E-state index contributed by atoms with van der Waals surface area (Å²) < 4.78 is 11.9. The molecule has 0 bridgehead atoms. The molecule has 3 unspecified atom stereocenters. The van der Waals surface area contributed by atoms with Crippen molar-refractivity contribution in [1.82, 2.24) is 0 Å². The Bertz CT molecular complexity index is 421. The number of fused-ring (bicyclic) bond motifs is 1. The van der Waals surface area contributed by atoms with Crippen LogP contribution in [-0.2, 0) is 4.74 Å². The molecular weight excluding hydrogens is 238 g/mol. The van der Waals surface area contributed by atoms with Crippen LogP contribution in [0.1, 0.15) is 37.2 Å². The first-order valence-electron chi connectivity index (χ1n) is 7.42. The van der Waals surface area contributed by atoms with Crippen molar-refractivity contribution in [2.45, 2.75) is 37.7 Å². The van der Waals surface area contributed by atoms with Gasteiger partial charge in [0.05, 0.1) is 19.3 Å². The summed E-state index contributed by atoms with van der Waals surface area (Å²) in [6, 6.07) is 8.29. The van der Waals surface area contributed by atoms with Gasteiger partial charge in [-0.15, -0.1) is 0 Å². The maximum atomic E-state index is 6.17. The second-order valence-corrected chi connectivity index (χ2v) is 5.70. The van der Waals surface area contributed by atoms with E-state index in [1.807, 2.05) is 12.1 Å². The van der Waals surface area contributed by atoms with Crippen LogP contribution in [0, 0.1) is 5.92 Å². The number of hydrogen-bond donors (Lipinski definition) is 1. The van der Waals surface area contributed by atoms with Crippen LogP contribution in [0.4, 0.5) is 0 Å². The summed E-state index contributed by atoms with van der Waals surface area (Å²) in [5.41, 5.74) is 7.14. The molecule has 0 aromatic heterocycles. The molecule has 1 heterocycles. The lowest BCUT2D eigenvalue weighted by atomic mass is 9.86.